The first-order valence-electron chi connectivity index (χ1n) is 7.79. The van der Waals surface area contributed by atoms with Gasteiger partial charge in [-0.15, -0.1) is 11.3 Å². The summed E-state index contributed by atoms with van der Waals surface area (Å²) >= 11 is 1.63. The van der Waals surface area contributed by atoms with E-state index in [1.807, 2.05) is 25.3 Å². The number of carbonyl (C=O) groups is 2. The van der Waals surface area contributed by atoms with Gasteiger partial charge in [-0.05, 0) is 55.1 Å². The number of thiophene rings is 1. The molecule has 0 bridgehead atoms. The maximum atomic E-state index is 12.2. The molecular formula is C18H22N2O3S. The van der Waals surface area contributed by atoms with Gasteiger partial charge in [0.1, 0.15) is 5.75 Å². The molecule has 1 aromatic carbocycles. The summed E-state index contributed by atoms with van der Waals surface area (Å²) in [7, 11) is 1.74. The highest BCUT2D eigenvalue weighted by Gasteiger charge is 2.13. The Bertz CT molecular complexity index is 695. The molecule has 1 heterocycles. The molecule has 0 aliphatic carbocycles. The third-order valence-electron chi connectivity index (χ3n) is 3.60. The Morgan fingerprint density at radius 3 is 2.50 bits per heavy atom. The van der Waals surface area contributed by atoms with Crippen molar-refractivity contribution < 1.29 is 14.3 Å². The van der Waals surface area contributed by atoms with Crippen LogP contribution in [-0.2, 0) is 11.3 Å². The Kier molecular flexibility index (Phi) is 6.37. The standard InChI is InChI=1S/C18H22N2O3S/c1-4-23-15-7-5-14(6-8-15)18(22)19-11-17(21)20(3)12-16-13(2)9-10-24-16/h5-10H,4,11-12H2,1-3H3,(H,19,22). The SMILES string of the molecule is CCOc1ccc(C(=O)NCC(=O)N(C)Cc2sccc2C)cc1. The quantitative estimate of drug-likeness (QED) is 0.839. The molecule has 0 saturated heterocycles. The van der Waals surface area contributed by atoms with Gasteiger partial charge in [0.05, 0.1) is 19.7 Å². The number of likely N-dealkylation sites (N-methyl/N-ethyl adjacent to an activating group) is 1. The predicted molar refractivity (Wildman–Crippen MR) is 95.5 cm³/mol. The van der Waals surface area contributed by atoms with E-state index >= 15 is 0 Å². The molecule has 0 unspecified atom stereocenters. The molecule has 1 N–H and O–H groups in total. The fourth-order valence-electron chi connectivity index (χ4n) is 2.13. The van der Waals surface area contributed by atoms with Crippen LogP contribution < -0.4 is 10.1 Å². The fourth-order valence-corrected chi connectivity index (χ4v) is 3.09. The second kappa shape index (κ2) is 8.49. The van der Waals surface area contributed by atoms with E-state index in [0.29, 0.717) is 18.7 Å². The molecule has 128 valence electrons. The lowest BCUT2D eigenvalue weighted by Crippen LogP contribution is -2.37. The average molecular weight is 346 g/mol. The minimum atomic E-state index is -0.271. The number of hydrogen-bond acceptors (Lipinski definition) is 4. The summed E-state index contributed by atoms with van der Waals surface area (Å²) in [6, 6.07) is 8.89. The molecule has 2 amide bonds. The molecule has 0 aliphatic heterocycles. The molecule has 0 saturated carbocycles. The lowest BCUT2D eigenvalue weighted by molar-refractivity contribution is -0.129. The molecule has 0 radical (unpaired) electrons. The number of ether oxygens (including phenoxy) is 1. The molecule has 2 rings (SSSR count). The Balaban J connectivity index is 1.84. The van der Waals surface area contributed by atoms with E-state index < -0.39 is 0 Å². The van der Waals surface area contributed by atoms with Gasteiger partial charge in [0, 0.05) is 17.5 Å². The van der Waals surface area contributed by atoms with Crippen molar-refractivity contribution in [3.05, 3.63) is 51.7 Å². The molecule has 5 nitrogen and oxygen atoms in total. The molecular weight excluding hydrogens is 324 g/mol. The van der Waals surface area contributed by atoms with Crippen LogP contribution in [0.4, 0.5) is 0 Å². The number of nitrogens with zero attached hydrogens (tertiary/aromatic N) is 1. The van der Waals surface area contributed by atoms with Crippen LogP contribution in [0.3, 0.4) is 0 Å². The van der Waals surface area contributed by atoms with E-state index in [1.165, 1.54) is 5.56 Å². The van der Waals surface area contributed by atoms with Crippen molar-refractivity contribution in [1.29, 1.82) is 0 Å². The van der Waals surface area contributed by atoms with Crippen molar-refractivity contribution in [1.82, 2.24) is 10.2 Å². The van der Waals surface area contributed by atoms with E-state index in [2.05, 4.69) is 5.32 Å². The van der Waals surface area contributed by atoms with Crippen LogP contribution in [0.1, 0.15) is 27.7 Å². The maximum absolute atomic E-state index is 12.2. The number of hydrogen-bond donors (Lipinski definition) is 1. The van der Waals surface area contributed by atoms with Crippen LogP contribution in [0, 0.1) is 6.92 Å². The third-order valence-corrected chi connectivity index (χ3v) is 4.61. The molecule has 1 aromatic heterocycles. The highest BCUT2D eigenvalue weighted by Crippen LogP contribution is 2.17. The number of rotatable bonds is 7. The lowest BCUT2D eigenvalue weighted by Gasteiger charge is -2.17. The van der Waals surface area contributed by atoms with Crippen LogP contribution in [0.5, 0.6) is 5.75 Å². The predicted octanol–water partition coefficient (Wildman–Crippen LogP) is 2.84. The van der Waals surface area contributed by atoms with Gasteiger partial charge in [0.25, 0.3) is 5.91 Å². The molecule has 0 aliphatic rings. The minimum Gasteiger partial charge on any atom is -0.494 e. The van der Waals surface area contributed by atoms with Gasteiger partial charge < -0.3 is 15.0 Å². The molecule has 0 spiro atoms. The van der Waals surface area contributed by atoms with Crippen molar-refractivity contribution in [3.8, 4) is 5.75 Å². The molecule has 0 fully saturated rings. The first kappa shape index (κ1) is 18.0. The van der Waals surface area contributed by atoms with Gasteiger partial charge in [-0.2, -0.15) is 0 Å². The van der Waals surface area contributed by atoms with Crippen molar-refractivity contribution >= 4 is 23.2 Å². The zero-order valence-corrected chi connectivity index (χ0v) is 15.0. The van der Waals surface area contributed by atoms with E-state index in [4.69, 9.17) is 4.74 Å². The molecule has 0 atom stereocenters. The van der Waals surface area contributed by atoms with Gasteiger partial charge in [0.2, 0.25) is 5.91 Å². The normalized spacial score (nSPS) is 10.3. The summed E-state index contributed by atoms with van der Waals surface area (Å²) in [4.78, 5) is 27.0. The van der Waals surface area contributed by atoms with Crippen LogP contribution in [0.15, 0.2) is 35.7 Å². The summed E-state index contributed by atoms with van der Waals surface area (Å²) in [5.41, 5.74) is 1.68. The van der Waals surface area contributed by atoms with E-state index in [9.17, 15) is 9.59 Å². The Hall–Kier alpha value is -2.34. The van der Waals surface area contributed by atoms with E-state index in [0.717, 1.165) is 10.6 Å². The second-order valence-corrected chi connectivity index (χ2v) is 6.42. The van der Waals surface area contributed by atoms with Gasteiger partial charge >= 0.3 is 0 Å². The molecule has 6 heteroatoms. The summed E-state index contributed by atoms with van der Waals surface area (Å²) in [5.74, 6) is 0.324. The second-order valence-electron chi connectivity index (χ2n) is 5.42. The smallest absolute Gasteiger partial charge is 0.251 e. The monoisotopic (exact) mass is 346 g/mol. The highest BCUT2D eigenvalue weighted by molar-refractivity contribution is 7.10. The zero-order valence-electron chi connectivity index (χ0n) is 14.2. The highest BCUT2D eigenvalue weighted by atomic mass is 32.1. The van der Waals surface area contributed by atoms with Gasteiger partial charge in [-0.3, -0.25) is 9.59 Å². The average Bonchev–Trinajstić information content (AvgIpc) is 2.98. The largest absolute Gasteiger partial charge is 0.494 e. The summed E-state index contributed by atoms with van der Waals surface area (Å²) in [5, 5.41) is 4.67. The van der Waals surface area contributed by atoms with Crippen LogP contribution in [-0.4, -0.2) is 36.9 Å². The molecule has 24 heavy (non-hydrogen) atoms. The summed E-state index contributed by atoms with van der Waals surface area (Å²) in [6.45, 7) is 5.04. The van der Waals surface area contributed by atoms with Crippen molar-refractivity contribution in [2.45, 2.75) is 20.4 Å². The van der Waals surface area contributed by atoms with Gasteiger partial charge in [-0.25, -0.2) is 0 Å². The summed E-state index contributed by atoms with van der Waals surface area (Å²) < 4.78 is 5.34. The number of carbonyl (C=O) groups excluding carboxylic acids is 2. The van der Waals surface area contributed by atoms with Crippen molar-refractivity contribution in [2.75, 3.05) is 20.2 Å². The van der Waals surface area contributed by atoms with Crippen molar-refractivity contribution in [3.63, 3.8) is 0 Å². The van der Waals surface area contributed by atoms with Crippen molar-refractivity contribution in [2.24, 2.45) is 0 Å². The van der Waals surface area contributed by atoms with Gasteiger partial charge in [0.15, 0.2) is 0 Å². The van der Waals surface area contributed by atoms with Crippen LogP contribution in [0.2, 0.25) is 0 Å². The fraction of sp³-hybridized carbons (Fsp3) is 0.333. The Morgan fingerprint density at radius 1 is 1.21 bits per heavy atom. The maximum Gasteiger partial charge on any atom is 0.251 e. The van der Waals surface area contributed by atoms with Crippen LogP contribution >= 0.6 is 11.3 Å². The first-order valence-corrected chi connectivity index (χ1v) is 8.67. The van der Waals surface area contributed by atoms with E-state index in [-0.39, 0.29) is 18.4 Å². The number of amides is 2. The van der Waals surface area contributed by atoms with E-state index in [1.54, 1.807) is 47.5 Å². The minimum absolute atomic E-state index is 0.0209. The third kappa shape index (κ3) is 4.83. The Morgan fingerprint density at radius 2 is 1.92 bits per heavy atom. The number of aryl methyl sites for hydroxylation is 1. The Labute approximate surface area is 146 Å². The van der Waals surface area contributed by atoms with Gasteiger partial charge in [-0.1, -0.05) is 0 Å². The molecule has 2 aromatic rings. The lowest BCUT2D eigenvalue weighted by atomic mass is 10.2. The zero-order chi connectivity index (χ0) is 17.5. The number of nitrogens with one attached hydrogen (secondary N) is 1. The first-order chi connectivity index (χ1) is 11.5. The van der Waals surface area contributed by atoms with Crippen LogP contribution in [0.25, 0.3) is 0 Å². The summed E-state index contributed by atoms with van der Waals surface area (Å²) in [6.07, 6.45) is 0. The number of benzene rings is 1. The topological polar surface area (TPSA) is 58.6 Å².